The second-order valence-corrected chi connectivity index (χ2v) is 6.40. The quantitative estimate of drug-likeness (QED) is 0.428. The molecular formula is C20H21N2O6. The predicted octanol–water partition coefficient (Wildman–Crippen LogP) is 0.195. The molecule has 2 amide bonds. The van der Waals surface area contributed by atoms with Crippen molar-refractivity contribution in [1.82, 2.24) is 4.90 Å². The number of hydrogen-bond acceptors (Lipinski definition) is 7. The second kappa shape index (κ2) is 8.49. The van der Waals surface area contributed by atoms with Crippen LogP contribution in [0.15, 0.2) is 54.6 Å². The predicted molar refractivity (Wildman–Crippen MR) is 99.9 cm³/mol. The molecule has 0 saturated carbocycles. The Bertz CT molecular complexity index is 809. The molecule has 1 saturated heterocycles. The van der Waals surface area contributed by atoms with E-state index in [4.69, 9.17) is 15.6 Å². The standard InChI is InChI=1S/C14H14NO6.C6H7N/c16-5-10-12(18)11(17)9(6-21-10)15-13(19)7-3-1-2-4-8(7)14(15)20;7-6-4-2-1-3-5-6/h1-4,6,9-12,16-18H,5H2;1-5H,7H2/t9-,10-,11-,12-;/m1./s1. The first-order valence-corrected chi connectivity index (χ1v) is 8.69. The third kappa shape index (κ3) is 3.76. The van der Waals surface area contributed by atoms with Crippen LogP contribution >= 0.6 is 0 Å². The highest BCUT2D eigenvalue weighted by Crippen LogP contribution is 2.30. The molecule has 1 radical (unpaired) electrons. The molecule has 0 spiro atoms. The molecule has 8 nitrogen and oxygen atoms in total. The van der Waals surface area contributed by atoms with Crippen LogP contribution < -0.4 is 5.73 Å². The summed E-state index contributed by atoms with van der Waals surface area (Å²) in [6.07, 6.45) is -3.79. The highest BCUT2D eigenvalue weighted by atomic mass is 16.5. The van der Waals surface area contributed by atoms with Gasteiger partial charge in [0.15, 0.2) is 0 Å². The molecule has 147 valence electrons. The van der Waals surface area contributed by atoms with Gasteiger partial charge in [0.2, 0.25) is 0 Å². The minimum atomic E-state index is -1.42. The van der Waals surface area contributed by atoms with Crippen LogP contribution in [-0.4, -0.2) is 63.0 Å². The van der Waals surface area contributed by atoms with E-state index < -0.39 is 42.8 Å². The van der Waals surface area contributed by atoms with Gasteiger partial charge in [-0.1, -0.05) is 30.3 Å². The molecule has 2 aliphatic heterocycles. The summed E-state index contributed by atoms with van der Waals surface area (Å²) in [6.45, 7) is 0.628. The molecule has 0 bridgehead atoms. The molecule has 2 aromatic rings. The third-order valence-electron chi connectivity index (χ3n) is 4.58. The van der Waals surface area contributed by atoms with Crippen LogP contribution in [0.4, 0.5) is 5.69 Å². The van der Waals surface area contributed by atoms with Crippen LogP contribution in [0.3, 0.4) is 0 Å². The number of benzene rings is 2. The van der Waals surface area contributed by atoms with Crippen LogP contribution in [0.1, 0.15) is 20.7 Å². The summed E-state index contributed by atoms with van der Waals surface area (Å²) in [4.78, 5) is 25.5. The van der Waals surface area contributed by atoms with Crippen molar-refractivity contribution in [3.63, 3.8) is 0 Å². The average molecular weight is 385 g/mol. The monoisotopic (exact) mass is 385 g/mol. The molecule has 4 atom stereocenters. The zero-order valence-electron chi connectivity index (χ0n) is 14.9. The topological polar surface area (TPSA) is 133 Å². The average Bonchev–Trinajstić information content (AvgIpc) is 2.96. The number of hydrogen-bond donors (Lipinski definition) is 4. The zero-order chi connectivity index (χ0) is 20.3. The molecule has 2 heterocycles. The van der Waals surface area contributed by atoms with Crippen molar-refractivity contribution >= 4 is 17.5 Å². The number of aliphatic hydroxyl groups is 3. The van der Waals surface area contributed by atoms with E-state index in [1.807, 2.05) is 30.3 Å². The number of carbonyl (C=O) groups excluding carboxylic acids is 2. The lowest BCUT2D eigenvalue weighted by Crippen LogP contribution is -2.59. The summed E-state index contributed by atoms with van der Waals surface area (Å²) in [5.41, 5.74) is 6.68. The Morgan fingerprint density at radius 3 is 1.89 bits per heavy atom. The molecule has 0 aromatic heterocycles. The maximum absolute atomic E-state index is 12.3. The van der Waals surface area contributed by atoms with Gasteiger partial charge in [0.25, 0.3) is 11.8 Å². The molecule has 5 N–H and O–H groups in total. The zero-order valence-corrected chi connectivity index (χ0v) is 14.9. The normalized spacial score (nSPS) is 26.5. The number of nitrogen functional groups attached to an aromatic ring is 1. The number of nitrogens with zero attached hydrogens (tertiary/aromatic N) is 1. The summed E-state index contributed by atoms with van der Waals surface area (Å²) in [7, 11) is 0. The van der Waals surface area contributed by atoms with Gasteiger partial charge >= 0.3 is 0 Å². The number of fused-ring (bicyclic) bond motifs is 1. The highest BCUT2D eigenvalue weighted by Gasteiger charge is 2.48. The van der Waals surface area contributed by atoms with Gasteiger partial charge in [0, 0.05) is 5.69 Å². The first-order chi connectivity index (χ1) is 13.5. The van der Waals surface area contributed by atoms with Gasteiger partial charge in [-0.15, -0.1) is 0 Å². The van der Waals surface area contributed by atoms with E-state index >= 15 is 0 Å². The molecule has 4 rings (SSSR count). The number of anilines is 1. The number of aliphatic hydroxyl groups excluding tert-OH is 3. The van der Waals surface area contributed by atoms with Crippen molar-refractivity contribution in [2.45, 2.75) is 24.4 Å². The summed E-state index contributed by atoms with van der Waals surface area (Å²) >= 11 is 0. The molecule has 0 aliphatic carbocycles. The van der Waals surface area contributed by atoms with E-state index in [0.29, 0.717) is 0 Å². The minimum Gasteiger partial charge on any atom is -0.399 e. The molecule has 1 fully saturated rings. The number of imide groups is 1. The Morgan fingerprint density at radius 1 is 0.893 bits per heavy atom. The number of carbonyl (C=O) groups is 2. The van der Waals surface area contributed by atoms with E-state index in [1.54, 1.807) is 12.1 Å². The first kappa shape index (κ1) is 20.0. The Kier molecular flexibility index (Phi) is 6.05. The lowest BCUT2D eigenvalue weighted by molar-refractivity contribution is -0.147. The van der Waals surface area contributed by atoms with Crippen molar-refractivity contribution in [3.05, 3.63) is 72.3 Å². The van der Waals surface area contributed by atoms with Gasteiger partial charge in [-0.05, 0) is 24.3 Å². The van der Waals surface area contributed by atoms with Crippen LogP contribution in [0.2, 0.25) is 0 Å². The van der Waals surface area contributed by atoms with Crippen molar-refractivity contribution in [1.29, 1.82) is 0 Å². The van der Waals surface area contributed by atoms with Gasteiger partial charge in [0.05, 0.1) is 23.8 Å². The van der Waals surface area contributed by atoms with Gasteiger partial charge < -0.3 is 25.8 Å². The minimum absolute atomic E-state index is 0.252. The molecule has 28 heavy (non-hydrogen) atoms. The Labute approximate surface area is 161 Å². The maximum Gasteiger partial charge on any atom is 0.261 e. The summed E-state index contributed by atoms with van der Waals surface area (Å²) in [5, 5.41) is 29.0. The fraction of sp³-hybridized carbons (Fsp3) is 0.250. The number of nitrogens with two attached hydrogens (primary N) is 1. The third-order valence-corrected chi connectivity index (χ3v) is 4.58. The molecule has 2 aliphatic rings. The fourth-order valence-corrected chi connectivity index (χ4v) is 3.06. The van der Waals surface area contributed by atoms with E-state index in [9.17, 15) is 19.8 Å². The number of rotatable bonds is 2. The van der Waals surface area contributed by atoms with Crippen molar-refractivity contribution < 1.29 is 29.6 Å². The van der Waals surface area contributed by atoms with E-state index in [-0.39, 0.29) is 11.1 Å². The maximum atomic E-state index is 12.3. The SMILES string of the molecule is Nc1ccccc1.O=C1c2ccccc2C(=O)N1[C@@H]1[CH]O[C@H](CO)[C@@H](O)[C@@H]1O. The molecular weight excluding hydrogens is 364 g/mol. The van der Waals surface area contributed by atoms with E-state index in [2.05, 4.69) is 0 Å². The van der Waals surface area contributed by atoms with Gasteiger partial charge in [-0.25, -0.2) is 0 Å². The van der Waals surface area contributed by atoms with Crippen molar-refractivity contribution in [2.75, 3.05) is 12.3 Å². The van der Waals surface area contributed by atoms with Gasteiger partial charge in [-0.2, -0.15) is 0 Å². The lowest BCUT2D eigenvalue weighted by Gasteiger charge is -2.39. The van der Waals surface area contributed by atoms with Crippen molar-refractivity contribution in [3.8, 4) is 0 Å². The molecule has 0 unspecified atom stereocenters. The van der Waals surface area contributed by atoms with E-state index in [0.717, 1.165) is 17.2 Å². The van der Waals surface area contributed by atoms with Crippen LogP contribution in [0.25, 0.3) is 0 Å². The highest BCUT2D eigenvalue weighted by molar-refractivity contribution is 6.21. The van der Waals surface area contributed by atoms with Crippen molar-refractivity contribution in [2.24, 2.45) is 0 Å². The van der Waals surface area contributed by atoms with Crippen LogP contribution in [0.5, 0.6) is 0 Å². The second-order valence-electron chi connectivity index (χ2n) is 6.40. The number of ether oxygens (including phenoxy) is 1. The lowest BCUT2D eigenvalue weighted by atomic mass is 9.97. The van der Waals surface area contributed by atoms with Crippen LogP contribution in [0, 0.1) is 6.61 Å². The summed E-state index contributed by atoms with van der Waals surface area (Å²) in [6, 6.07) is 14.7. The summed E-state index contributed by atoms with van der Waals surface area (Å²) in [5.74, 6) is -1.09. The van der Waals surface area contributed by atoms with Crippen LogP contribution in [-0.2, 0) is 4.74 Å². The smallest absolute Gasteiger partial charge is 0.261 e. The summed E-state index contributed by atoms with van der Waals surface area (Å²) < 4.78 is 5.10. The largest absolute Gasteiger partial charge is 0.399 e. The number of amides is 2. The molecule has 8 heteroatoms. The first-order valence-electron chi connectivity index (χ1n) is 8.69. The van der Waals surface area contributed by atoms with E-state index in [1.165, 1.54) is 12.1 Å². The number of para-hydroxylation sites is 1. The Hall–Kier alpha value is -2.78. The van der Waals surface area contributed by atoms with Gasteiger partial charge in [0.1, 0.15) is 24.9 Å². The Balaban J connectivity index is 0.000000271. The van der Waals surface area contributed by atoms with Gasteiger partial charge in [-0.3, -0.25) is 14.5 Å². The fourth-order valence-electron chi connectivity index (χ4n) is 3.06. The Morgan fingerprint density at radius 2 is 1.43 bits per heavy atom. The molecule has 2 aromatic carbocycles.